The van der Waals surface area contributed by atoms with Gasteiger partial charge >= 0.3 is 0 Å². The minimum atomic E-state index is 0.897. The van der Waals surface area contributed by atoms with Crippen molar-refractivity contribution in [1.82, 2.24) is 5.32 Å². The van der Waals surface area contributed by atoms with Crippen LogP contribution in [0.1, 0.15) is 39.0 Å². The van der Waals surface area contributed by atoms with Crippen LogP contribution in [0.15, 0.2) is 0 Å². The summed E-state index contributed by atoms with van der Waals surface area (Å²) < 4.78 is 0. The molecular formula is C10H19N. The topological polar surface area (TPSA) is 12.0 Å². The van der Waals surface area contributed by atoms with Crippen LogP contribution in [0.5, 0.6) is 0 Å². The SMILES string of the molecule is CCNC(C1CCC1)C1CC1. The van der Waals surface area contributed by atoms with Gasteiger partial charge in [0, 0.05) is 6.04 Å². The lowest BCUT2D eigenvalue weighted by Gasteiger charge is -2.34. The quantitative estimate of drug-likeness (QED) is 0.652. The van der Waals surface area contributed by atoms with Crippen LogP contribution in [-0.2, 0) is 0 Å². The average Bonchev–Trinajstić information content (AvgIpc) is 2.63. The van der Waals surface area contributed by atoms with E-state index in [-0.39, 0.29) is 0 Å². The van der Waals surface area contributed by atoms with Crippen molar-refractivity contribution in [3.8, 4) is 0 Å². The van der Waals surface area contributed by atoms with Gasteiger partial charge in [0.05, 0.1) is 0 Å². The Morgan fingerprint density at radius 1 is 1.18 bits per heavy atom. The zero-order valence-corrected chi connectivity index (χ0v) is 7.47. The van der Waals surface area contributed by atoms with Crippen LogP contribution in [0.2, 0.25) is 0 Å². The van der Waals surface area contributed by atoms with Gasteiger partial charge in [-0.25, -0.2) is 0 Å². The molecular weight excluding hydrogens is 134 g/mol. The van der Waals surface area contributed by atoms with Crippen LogP contribution in [0.4, 0.5) is 0 Å². The van der Waals surface area contributed by atoms with Crippen molar-refractivity contribution in [2.24, 2.45) is 11.8 Å². The molecule has 0 amide bonds. The molecule has 2 aliphatic rings. The summed E-state index contributed by atoms with van der Waals surface area (Å²) in [5.41, 5.74) is 0. The molecule has 0 aromatic rings. The van der Waals surface area contributed by atoms with Crippen molar-refractivity contribution in [3.63, 3.8) is 0 Å². The summed E-state index contributed by atoms with van der Waals surface area (Å²) in [7, 11) is 0. The van der Waals surface area contributed by atoms with E-state index in [0.717, 1.165) is 24.4 Å². The fourth-order valence-electron chi connectivity index (χ4n) is 2.21. The summed E-state index contributed by atoms with van der Waals surface area (Å²) in [4.78, 5) is 0. The second-order valence-electron chi connectivity index (χ2n) is 4.11. The lowest BCUT2D eigenvalue weighted by atomic mass is 9.78. The molecule has 0 spiro atoms. The summed E-state index contributed by atoms with van der Waals surface area (Å²) in [6.07, 6.45) is 7.46. The van der Waals surface area contributed by atoms with E-state index in [2.05, 4.69) is 12.2 Å². The van der Waals surface area contributed by atoms with E-state index in [0.29, 0.717) is 0 Å². The molecule has 0 radical (unpaired) electrons. The Hall–Kier alpha value is -0.0400. The zero-order chi connectivity index (χ0) is 7.68. The molecule has 0 bridgehead atoms. The summed E-state index contributed by atoms with van der Waals surface area (Å²) >= 11 is 0. The van der Waals surface area contributed by atoms with Crippen LogP contribution in [-0.4, -0.2) is 12.6 Å². The third kappa shape index (κ3) is 1.58. The van der Waals surface area contributed by atoms with Crippen LogP contribution in [0.3, 0.4) is 0 Å². The maximum atomic E-state index is 3.65. The van der Waals surface area contributed by atoms with Crippen molar-refractivity contribution < 1.29 is 0 Å². The molecule has 0 aromatic carbocycles. The molecule has 11 heavy (non-hydrogen) atoms. The van der Waals surface area contributed by atoms with Crippen molar-refractivity contribution in [1.29, 1.82) is 0 Å². The molecule has 0 aliphatic heterocycles. The van der Waals surface area contributed by atoms with Gasteiger partial charge in [0.1, 0.15) is 0 Å². The van der Waals surface area contributed by atoms with Crippen LogP contribution >= 0.6 is 0 Å². The number of hydrogen-bond donors (Lipinski definition) is 1. The van der Waals surface area contributed by atoms with Gasteiger partial charge in [-0.05, 0) is 44.1 Å². The first-order valence-corrected chi connectivity index (χ1v) is 5.15. The van der Waals surface area contributed by atoms with Crippen LogP contribution < -0.4 is 5.32 Å². The molecule has 2 aliphatic carbocycles. The molecule has 0 aromatic heterocycles. The highest BCUT2D eigenvalue weighted by Crippen LogP contribution is 2.42. The Bertz CT molecular complexity index is 125. The predicted molar refractivity (Wildman–Crippen MR) is 47.5 cm³/mol. The highest BCUT2D eigenvalue weighted by Gasteiger charge is 2.37. The molecule has 0 heterocycles. The van der Waals surface area contributed by atoms with Gasteiger partial charge in [0.25, 0.3) is 0 Å². The second-order valence-corrected chi connectivity index (χ2v) is 4.11. The Labute approximate surface area is 69.6 Å². The Balaban J connectivity index is 1.81. The van der Waals surface area contributed by atoms with Crippen molar-refractivity contribution in [3.05, 3.63) is 0 Å². The minimum Gasteiger partial charge on any atom is -0.314 e. The third-order valence-corrected chi connectivity index (χ3v) is 3.23. The first-order chi connectivity index (χ1) is 5.42. The van der Waals surface area contributed by atoms with E-state index in [9.17, 15) is 0 Å². The molecule has 1 N–H and O–H groups in total. The van der Waals surface area contributed by atoms with Gasteiger partial charge < -0.3 is 5.32 Å². The second kappa shape index (κ2) is 3.14. The summed E-state index contributed by atoms with van der Waals surface area (Å²) in [5, 5.41) is 3.65. The standard InChI is InChI=1S/C10H19N/c1-2-11-10(9-6-7-9)8-4-3-5-8/h8-11H,2-7H2,1H3. The summed E-state index contributed by atoms with van der Waals surface area (Å²) in [6.45, 7) is 3.39. The first kappa shape index (κ1) is 7.60. The fourth-order valence-corrected chi connectivity index (χ4v) is 2.21. The summed E-state index contributed by atoms with van der Waals surface area (Å²) in [6, 6.07) is 0.897. The largest absolute Gasteiger partial charge is 0.314 e. The minimum absolute atomic E-state index is 0.897. The fraction of sp³-hybridized carbons (Fsp3) is 1.00. The normalized spacial score (nSPS) is 28.1. The Morgan fingerprint density at radius 2 is 1.82 bits per heavy atom. The average molecular weight is 153 g/mol. The highest BCUT2D eigenvalue weighted by atomic mass is 14.9. The molecule has 1 unspecified atom stereocenters. The summed E-state index contributed by atoms with van der Waals surface area (Å²) in [5.74, 6) is 2.10. The van der Waals surface area contributed by atoms with Crippen molar-refractivity contribution >= 4 is 0 Å². The van der Waals surface area contributed by atoms with E-state index in [1.54, 1.807) is 0 Å². The molecule has 1 atom stereocenters. The number of hydrogen-bond acceptors (Lipinski definition) is 1. The Morgan fingerprint density at radius 3 is 2.18 bits per heavy atom. The van der Waals surface area contributed by atoms with Gasteiger partial charge in [0.15, 0.2) is 0 Å². The van der Waals surface area contributed by atoms with E-state index in [1.807, 2.05) is 0 Å². The van der Waals surface area contributed by atoms with E-state index >= 15 is 0 Å². The molecule has 2 saturated carbocycles. The smallest absolute Gasteiger partial charge is 0.0123 e. The van der Waals surface area contributed by atoms with Crippen molar-refractivity contribution in [2.45, 2.75) is 45.1 Å². The lowest BCUT2D eigenvalue weighted by molar-refractivity contribution is 0.212. The maximum absolute atomic E-state index is 3.65. The maximum Gasteiger partial charge on any atom is 0.0123 e. The highest BCUT2D eigenvalue weighted by molar-refractivity contribution is 4.93. The van der Waals surface area contributed by atoms with Crippen LogP contribution in [0, 0.1) is 11.8 Å². The molecule has 2 fully saturated rings. The van der Waals surface area contributed by atoms with E-state index in [4.69, 9.17) is 0 Å². The molecule has 0 saturated heterocycles. The van der Waals surface area contributed by atoms with Crippen LogP contribution in [0.25, 0.3) is 0 Å². The van der Waals surface area contributed by atoms with Gasteiger partial charge in [-0.1, -0.05) is 13.3 Å². The number of nitrogens with one attached hydrogen (secondary N) is 1. The predicted octanol–water partition coefficient (Wildman–Crippen LogP) is 2.17. The third-order valence-electron chi connectivity index (χ3n) is 3.23. The van der Waals surface area contributed by atoms with Gasteiger partial charge in [-0.3, -0.25) is 0 Å². The van der Waals surface area contributed by atoms with E-state index < -0.39 is 0 Å². The molecule has 2 rings (SSSR count). The molecule has 1 heteroatoms. The van der Waals surface area contributed by atoms with Gasteiger partial charge in [0.2, 0.25) is 0 Å². The monoisotopic (exact) mass is 153 g/mol. The zero-order valence-electron chi connectivity index (χ0n) is 7.47. The number of rotatable bonds is 4. The van der Waals surface area contributed by atoms with Gasteiger partial charge in [-0.15, -0.1) is 0 Å². The lowest BCUT2D eigenvalue weighted by Crippen LogP contribution is -2.41. The molecule has 1 nitrogen and oxygen atoms in total. The van der Waals surface area contributed by atoms with Crippen molar-refractivity contribution in [2.75, 3.05) is 6.54 Å². The Kier molecular flexibility index (Phi) is 2.17. The first-order valence-electron chi connectivity index (χ1n) is 5.15. The molecule has 64 valence electrons. The van der Waals surface area contributed by atoms with E-state index in [1.165, 1.54) is 32.1 Å². The van der Waals surface area contributed by atoms with Gasteiger partial charge in [-0.2, -0.15) is 0 Å².